The first kappa shape index (κ1) is 11.6. The first-order valence-corrected chi connectivity index (χ1v) is 6.19. The van der Waals surface area contributed by atoms with Crippen LogP contribution in [-0.2, 0) is 5.60 Å². The molecule has 2 heterocycles. The topological polar surface area (TPSA) is 20.2 Å². The summed E-state index contributed by atoms with van der Waals surface area (Å²) in [7, 11) is 0. The Morgan fingerprint density at radius 2 is 1.38 bits per heavy atom. The Bertz CT molecular complexity index is 411. The molecule has 0 atom stereocenters. The standard InChI is InChI=1S/C10H7F3OS2/c11-10(12,13)9(14,7-1-3-15-5-7)8-2-4-16-6-8/h1-6,14H. The Hall–Kier alpha value is -0.850. The summed E-state index contributed by atoms with van der Waals surface area (Å²) < 4.78 is 39.0. The Balaban J connectivity index is 2.59. The third-order valence-corrected chi connectivity index (χ3v) is 3.65. The van der Waals surface area contributed by atoms with E-state index in [0.717, 1.165) is 22.7 Å². The number of halogens is 3. The van der Waals surface area contributed by atoms with E-state index in [9.17, 15) is 18.3 Å². The van der Waals surface area contributed by atoms with Crippen molar-refractivity contribution >= 4 is 22.7 Å². The van der Waals surface area contributed by atoms with Gasteiger partial charge in [-0.2, -0.15) is 35.8 Å². The summed E-state index contributed by atoms with van der Waals surface area (Å²) in [5.41, 5.74) is -3.17. The summed E-state index contributed by atoms with van der Waals surface area (Å²) in [5, 5.41) is 15.6. The molecule has 0 aromatic carbocycles. The fraction of sp³-hybridized carbons (Fsp3) is 0.200. The number of alkyl halides is 3. The summed E-state index contributed by atoms with van der Waals surface area (Å²) in [5.74, 6) is 0. The summed E-state index contributed by atoms with van der Waals surface area (Å²) in [6, 6.07) is 2.58. The van der Waals surface area contributed by atoms with Crippen molar-refractivity contribution in [2.24, 2.45) is 0 Å². The van der Waals surface area contributed by atoms with Gasteiger partial charge in [-0.1, -0.05) is 0 Å². The summed E-state index contributed by atoms with van der Waals surface area (Å²) >= 11 is 2.25. The van der Waals surface area contributed by atoms with E-state index in [1.165, 1.54) is 33.7 Å². The fourth-order valence-electron chi connectivity index (χ4n) is 1.43. The van der Waals surface area contributed by atoms with E-state index in [0.29, 0.717) is 0 Å². The minimum Gasteiger partial charge on any atom is -0.372 e. The molecule has 0 fully saturated rings. The number of thiophene rings is 2. The van der Waals surface area contributed by atoms with Gasteiger partial charge in [0.2, 0.25) is 5.60 Å². The number of hydrogen-bond donors (Lipinski definition) is 1. The highest BCUT2D eigenvalue weighted by atomic mass is 32.1. The second kappa shape index (κ2) is 3.87. The lowest BCUT2D eigenvalue weighted by atomic mass is 9.89. The van der Waals surface area contributed by atoms with Crippen molar-refractivity contribution in [2.75, 3.05) is 0 Å². The zero-order valence-corrected chi connectivity index (χ0v) is 9.49. The lowest BCUT2D eigenvalue weighted by Gasteiger charge is -2.29. The molecule has 86 valence electrons. The first-order valence-electron chi connectivity index (χ1n) is 4.30. The van der Waals surface area contributed by atoms with Crippen LogP contribution in [0.25, 0.3) is 0 Å². The van der Waals surface area contributed by atoms with Gasteiger partial charge in [-0.25, -0.2) is 0 Å². The molecule has 0 unspecified atom stereocenters. The SMILES string of the molecule is OC(c1ccsc1)(c1ccsc1)C(F)(F)F. The smallest absolute Gasteiger partial charge is 0.372 e. The van der Waals surface area contributed by atoms with E-state index in [4.69, 9.17) is 0 Å². The van der Waals surface area contributed by atoms with Crippen LogP contribution in [0.5, 0.6) is 0 Å². The van der Waals surface area contributed by atoms with Crippen molar-refractivity contribution in [1.29, 1.82) is 0 Å². The zero-order chi connectivity index (χ0) is 11.8. The largest absolute Gasteiger partial charge is 0.425 e. The van der Waals surface area contributed by atoms with Gasteiger partial charge in [0.05, 0.1) is 0 Å². The molecule has 0 saturated carbocycles. The molecule has 0 bridgehead atoms. The highest BCUT2D eigenvalue weighted by Crippen LogP contribution is 2.45. The Morgan fingerprint density at radius 1 is 0.938 bits per heavy atom. The lowest BCUT2D eigenvalue weighted by Crippen LogP contribution is -2.42. The van der Waals surface area contributed by atoms with Crippen molar-refractivity contribution < 1.29 is 18.3 Å². The molecule has 6 heteroatoms. The molecule has 2 aromatic rings. The lowest BCUT2D eigenvalue weighted by molar-refractivity contribution is -0.248. The zero-order valence-electron chi connectivity index (χ0n) is 7.86. The minimum absolute atomic E-state index is 0.136. The second-order valence-electron chi connectivity index (χ2n) is 3.23. The van der Waals surface area contributed by atoms with Gasteiger partial charge in [-0.3, -0.25) is 0 Å². The average molecular weight is 264 g/mol. The summed E-state index contributed by atoms with van der Waals surface area (Å²) in [4.78, 5) is 0. The predicted octanol–water partition coefficient (Wildman–Crippen LogP) is 3.61. The van der Waals surface area contributed by atoms with Gasteiger partial charge >= 0.3 is 6.18 Å². The highest BCUT2D eigenvalue weighted by Gasteiger charge is 2.56. The van der Waals surface area contributed by atoms with Gasteiger partial charge < -0.3 is 5.11 Å². The van der Waals surface area contributed by atoms with Gasteiger partial charge in [-0.05, 0) is 33.7 Å². The Kier molecular flexibility index (Phi) is 2.81. The molecule has 2 rings (SSSR count). The average Bonchev–Trinajstić information content (AvgIpc) is 2.88. The predicted molar refractivity (Wildman–Crippen MR) is 57.7 cm³/mol. The monoisotopic (exact) mass is 264 g/mol. The van der Waals surface area contributed by atoms with Gasteiger partial charge in [0.25, 0.3) is 0 Å². The highest BCUT2D eigenvalue weighted by molar-refractivity contribution is 7.08. The maximum absolute atomic E-state index is 13.0. The molecule has 0 aliphatic carbocycles. The number of aliphatic hydroxyl groups is 1. The third-order valence-electron chi connectivity index (χ3n) is 2.29. The molecule has 16 heavy (non-hydrogen) atoms. The van der Waals surface area contributed by atoms with E-state index in [1.54, 1.807) is 0 Å². The quantitative estimate of drug-likeness (QED) is 0.878. The molecule has 1 nitrogen and oxygen atoms in total. The molecule has 0 radical (unpaired) electrons. The molecular weight excluding hydrogens is 257 g/mol. The molecule has 0 amide bonds. The molecule has 0 saturated heterocycles. The van der Waals surface area contributed by atoms with Crippen molar-refractivity contribution in [1.82, 2.24) is 0 Å². The third kappa shape index (κ3) is 1.66. The molecule has 0 aliphatic heterocycles. The van der Waals surface area contributed by atoms with Gasteiger partial charge in [-0.15, -0.1) is 0 Å². The normalized spacial score (nSPS) is 13.0. The maximum atomic E-state index is 13.0. The van der Waals surface area contributed by atoms with Crippen molar-refractivity contribution in [3.05, 3.63) is 44.8 Å². The van der Waals surface area contributed by atoms with Crippen LogP contribution >= 0.6 is 22.7 Å². The van der Waals surface area contributed by atoms with E-state index in [1.807, 2.05) is 0 Å². The molecule has 2 aromatic heterocycles. The van der Waals surface area contributed by atoms with E-state index in [-0.39, 0.29) is 11.1 Å². The van der Waals surface area contributed by atoms with Gasteiger partial charge in [0.15, 0.2) is 0 Å². The van der Waals surface area contributed by atoms with E-state index in [2.05, 4.69) is 0 Å². The van der Waals surface area contributed by atoms with Crippen LogP contribution in [0, 0.1) is 0 Å². The van der Waals surface area contributed by atoms with Crippen LogP contribution in [0.3, 0.4) is 0 Å². The van der Waals surface area contributed by atoms with Crippen LogP contribution in [0.4, 0.5) is 13.2 Å². The van der Waals surface area contributed by atoms with Crippen molar-refractivity contribution in [3.8, 4) is 0 Å². The minimum atomic E-state index is -4.73. The summed E-state index contributed by atoms with van der Waals surface area (Å²) in [6.45, 7) is 0. The second-order valence-corrected chi connectivity index (χ2v) is 4.79. The molecule has 1 N–H and O–H groups in total. The van der Waals surface area contributed by atoms with Crippen LogP contribution in [0.15, 0.2) is 33.7 Å². The number of rotatable bonds is 2. The van der Waals surface area contributed by atoms with Crippen LogP contribution in [-0.4, -0.2) is 11.3 Å². The fourth-order valence-corrected chi connectivity index (χ4v) is 2.83. The van der Waals surface area contributed by atoms with Gasteiger partial charge in [0.1, 0.15) is 0 Å². The van der Waals surface area contributed by atoms with Gasteiger partial charge in [0, 0.05) is 11.1 Å². The number of hydrogen-bond acceptors (Lipinski definition) is 3. The molecule has 0 aliphatic rings. The Labute approximate surface area is 97.8 Å². The van der Waals surface area contributed by atoms with E-state index >= 15 is 0 Å². The van der Waals surface area contributed by atoms with Crippen LogP contribution < -0.4 is 0 Å². The van der Waals surface area contributed by atoms with Crippen molar-refractivity contribution in [2.45, 2.75) is 11.8 Å². The first-order chi connectivity index (χ1) is 7.46. The van der Waals surface area contributed by atoms with Crippen LogP contribution in [0.1, 0.15) is 11.1 Å². The molecular formula is C10H7F3OS2. The van der Waals surface area contributed by atoms with Crippen molar-refractivity contribution in [3.63, 3.8) is 0 Å². The Morgan fingerprint density at radius 3 is 1.62 bits per heavy atom. The summed E-state index contributed by atoms with van der Waals surface area (Å²) in [6.07, 6.45) is -4.73. The van der Waals surface area contributed by atoms with E-state index < -0.39 is 11.8 Å². The molecule has 0 spiro atoms. The maximum Gasteiger partial charge on any atom is 0.425 e. The van der Waals surface area contributed by atoms with Crippen LogP contribution in [0.2, 0.25) is 0 Å².